The van der Waals surface area contributed by atoms with E-state index in [2.05, 4.69) is 15.5 Å². The molecule has 8 nitrogen and oxygen atoms in total. The summed E-state index contributed by atoms with van der Waals surface area (Å²) in [6.45, 7) is 2.02. The third-order valence-electron chi connectivity index (χ3n) is 3.78. The van der Waals surface area contributed by atoms with Crippen LogP contribution in [0.15, 0.2) is 47.9 Å². The van der Waals surface area contributed by atoms with Crippen LogP contribution in [0.25, 0.3) is 0 Å². The van der Waals surface area contributed by atoms with Gasteiger partial charge in [0.1, 0.15) is 11.5 Å². The van der Waals surface area contributed by atoms with Crippen molar-refractivity contribution in [3.8, 4) is 11.5 Å². The standard InChI is InChI=1S/C18H21N5O3S/c1-4-16-20-21-18(23(16)22-7-5-6-8-22)27-12-17(24)19-13-9-14(25-2)11-15(10-13)26-3/h5-11H,4,12H2,1-3H3,(H,19,24). The highest BCUT2D eigenvalue weighted by Gasteiger charge is 2.15. The van der Waals surface area contributed by atoms with E-state index in [1.807, 2.05) is 40.8 Å². The van der Waals surface area contributed by atoms with Crippen LogP contribution in [0.3, 0.4) is 0 Å². The molecule has 0 saturated carbocycles. The van der Waals surface area contributed by atoms with E-state index in [1.165, 1.54) is 11.8 Å². The molecule has 0 aliphatic rings. The van der Waals surface area contributed by atoms with E-state index in [-0.39, 0.29) is 11.7 Å². The summed E-state index contributed by atoms with van der Waals surface area (Å²) >= 11 is 1.32. The van der Waals surface area contributed by atoms with Gasteiger partial charge in [0.05, 0.1) is 20.0 Å². The Balaban J connectivity index is 1.69. The third kappa shape index (κ3) is 4.43. The van der Waals surface area contributed by atoms with Crippen molar-refractivity contribution in [2.75, 3.05) is 25.3 Å². The van der Waals surface area contributed by atoms with E-state index in [4.69, 9.17) is 9.47 Å². The fourth-order valence-electron chi connectivity index (χ4n) is 2.50. The number of nitrogens with one attached hydrogen (secondary N) is 1. The van der Waals surface area contributed by atoms with Crippen LogP contribution < -0.4 is 14.8 Å². The molecule has 1 aromatic carbocycles. The number of carbonyl (C=O) groups excluding carboxylic acids is 1. The van der Waals surface area contributed by atoms with Gasteiger partial charge in [0.15, 0.2) is 5.82 Å². The Morgan fingerprint density at radius 3 is 2.37 bits per heavy atom. The second-order valence-electron chi connectivity index (χ2n) is 5.57. The van der Waals surface area contributed by atoms with Gasteiger partial charge in [-0.3, -0.25) is 9.47 Å². The molecule has 0 fully saturated rings. The number of amides is 1. The zero-order valence-corrected chi connectivity index (χ0v) is 16.2. The summed E-state index contributed by atoms with van der Waals surface area (Å²) < 4.78 is 14.2. The summed E-state index contributed by atoms with van der Waals surface area (Å²) in [5, 5.41) is 11.9. The lowest BCUT2D eigenvalue weighted by molar-refractivity contribution is -0.113. The Hall–Kier alpha value is -2.94. The number of benzene rings is 1. The van der Waals surface area contributed by atoms with Crippen LogP contribution in [0.4, 0.5) is 5.69 Å². The van der Waals surface area contributed by atoms with Crippen molar-refractivity contribution >= 4 is 23.4 Å². The number of anilines is 1. The van der Waals surface area contributed by atoms with Gasteiger partial charge in [-0.25, -0.2) is 4.68 Å². The number of carbonyl (C=O) groups is 1. The van der Waals surface area contributed by atoms with Crippen molar-refractivity contribution in [1.82, 2.24) is 19.5 Å². The second-order valence-corrected chi connectivity index (χ2v) is 6.51. The Morgan fingerprint density at radius 1 is 1.11 bits per heavy atom. The number of methoxy groups -OCH3 is 2. The van der Waals surface area contributed by atoms with Gasteiger partial charge < -0.3 is 14.8 Å². The van der Waals surface area contributed by atoms with Crippen LogP contribution in [0.5, 0.6) is 11.5 Å². The molecule has 0 bridgehead atoms. The number of hydrogen-bond donors (Lipinski definition) is 1. The predicted molar refractivity (Wildman–Crippen MR) is 104 cm³/mol. The number of aryl methyl sites for hydroxylation is 1. The van der Waals surface area contributed by atoms with Crippen molar-refractivity contribution < 1.29 is 14.3 Å². The predicted octanol–water partition coefficient (Wildman–Crippen LogP) is 2.70. The van der Waals surface area contributed by atoms with Crippen LogP contribution in [-0.2, 0) is 11.2 Å². The lowest BCUT2D eigenvalue weighted by Gasteiger charge is -2.11. The zero-order valence-electron chi connectivity index (χ0n) is 15.4. The molecule has 0 unspecified atom stereocenters. The summed E-state index contributed by atoms with van der Waals surface area (Å²) in [5.74, 6) is 2.08. The van der Waals surface area contributed by atoms with Crippen LogP contribution in [0.1, 0.15) is 12.7 Å². The molecule has 0 aliphatic carbocycles. The number of hydrogen-bond acceptors (Lipinski definition) is 6. The van der Waals surface area contributed by atoms with Crippen molar-refractivity contribution in [3.05, 3.63) is 48.5 Å². The highest BCUT2D eigenvalue weighted by atomic mass is 32.2. The van der Waals surface area contributed by atoms with Gasteiger partial charge in [0.2, 0.25) is 11.1 Å². The van der Waals surface area contributed by atoms with E-state index < -0.39 is 0 Å². The number of nitrogens with zero attached hydrogens (tertiary/aromatic N) is 4. The van der Waals surface area contributed by atoms with Crippen LogP contribution in [0.2, 0.25) is 0 Å². The average Bonchev–Trinajstić information content (AvgIpc) is 3.34. The summed E-state index contributed by atoms with van der Waals surface area (Å²) in [7, 11) is 3.13. The lowest BCUT2D eigenvalue weighted by atomic mass is 10.2. The summed E-state index contributed by atoms with van der Waals surface area (Å²) in [5.41, 5.74) is 0.609. The first-order valence-electron chi connectivity index (χ1n) is 8.38. The number of ether oxygens (including phenoxy) is 2. The minimum atomic E-state index is -0.157. The monoisotopic (exact) mass is 387 g/mol. The molecule has 0 radical (unpaired) electrons. The highest BCUT2D eigenvalue weighted by molar-refractivity contribution is 7.99. The van der Waals surface area contributed by atoms with Gasteiger partial charge >= 0.3 is 0 Å². The molecule has 2 aromatic heterocycles. The van der Waals surface area contributed by atoms with E-state index in [0.29, 0.717) is 22.3 Å². The summed E-state index contributed by atoms with van der Waals surface area (Å²) in [6, 6.07) is 9.08. The molecule has 27 heavy (non-hydrogen) atoms. The van der Waals surface area contributed by atoms with Gasteiger partial charge in [0.25, 0.3) is 0 Å². The lowest BCUT2D eigenvalue weighted by Crippen LogP contribution is -2.16. The minimum Gasteiger partial charge on any atom is -0.497 e. The maximum absolute atomic E-state index is 12.4. The van der Waals surface area contributed by atoms with Crippen molar-refractivity contribution in [3.63, 3.8) is 0 Å². The summed E-state index contributed by atoms with van der Waals surface area (Å²) in [6.07, 6.45) is 4.56. The van der Waals surface area contributed by atoms with Gasteiger partial charge in [0, 0.05) is 42.7 Å². The first-order chi connectivity index (χ1) is 13.1. The quantitative estimate of drug-likeness (QED) is 0.599. The van der Waals surface area contributed by atoms with Gasteiger partial charge in [-0.2, -0.15) is 0 Å². The average molecular weight is 387 g/mol. The van der Waals surface area contributed by atoms with Gasteiger partial charge in [-0.05, 0) is 12.1 Å². The Kier molecular flexibility index (Phi) is 6.02. The van der Waals surface area contributed by atoms with Crippen molar-refractivity contribution in [2.24, 2.45) is 0 Å². The highest BCUT2D eigenvalue weighted by Crippen LogP contribution is 2.26. The molecule has 0 spiro atoms. The van der Waals surface area contributed by atoms with E-state index in [0.717, 1.165) is 12.2 Å². The largest absolute Gasteiger partial charge is 0.497 e. The van der Waals surface area contributed by atoms with E-state index in [9.17, 15) is 4.79 Å². The molecule has 1 amide bonds. The smallest absolute Gasteiger partial charge is 0.234 e. The van der Waals surface area contributed by atoms with Crippen molar-refractivity contribution in [2.45, 2.75) is 18.5 Å². The third-order valence-corrected chi connectivity index (χ3v) is 4.70. The Labute approximate surface area is 161 Å². The fourth-order valence-corrected chi connectivity index (χ4v) is 3.26. The second kappa shape index (κ2) is 8.63. The molecular weight excluding hydrogens is 366 g/mol. The SMILES string of the molecule is CCc1nnc(SCC(=O)Nc2cc(OC)cc(OC)c2)n1-n1cccc1. The molecule has 142 valence electrons. The zero-order chi connectivity index (χ0) is 19.2. The van der Waals surface area contributed by atoms with Gasteiger partial charge in [-0.1, -0.05) is 18.7 Å². The summed E-state index contributed by atoms with van der Waals surface area (Å²) in [4.78, 5) is 12.4. The maximum atomic E-state index is 12.4. The first kappa shape index (κ1) is 18.8. The topological polar surface area (TPSA) is 83.2 Å². The van der Waals surface area contributed by atoms with E-state index >= 15 is 0 Å². The number of rotatable bonds is 8. The van der Waals surface area contributed by atoms with Crippen LogP contribution >= 0.6 is 11.8 Å². The first-order valence-corrected chi connectivity index (χ1v) is 9.36. The number of thioether (sulfide) groups is 1. The van der Waals surface area contributed by atoms with Crippen LogP contribution in [-0.4, -0.2) is 45.4 Å². The maximum Gasteiger partial charge on any atom is 0.234 e. The molecule has 0 aliphatic heterocycles. The molecule has 0 atom stereocenters. The molecule has 9 heteroatoms. The van der Waals surface area contributed by atoms with Gasteiger partial charge in [-0.15, -0.1) is 10.2 Å². The normalized spacial score (nSPS) is 10.6. The van der Waals surface area contributed by atoms with Crippen LogP contribution in [0, 0.1) is 0 Å². The molecule has 3 aromatic rings. The van der Waals surface area contributed by atoms with Crippen molar-refractivity contribution in [1.29, 1.82) is 0 Å². The number of aromatic nitrogens is 4. The fraction of sp³-hybridized carbons (Fsp3) is 0.278. The Morgan fingerprint density at radius 2 is 1.78 bits per heavy atom. The van der Waals surface area contributed by atoms with E-state index in [1.54, 1.807) is 32.4 Å². The minimum absolute atomic E-state index is 0.157. The molecule has 1 N–H and O–H groups in total. The molecule has 3 rings (SSSR count). The Bertz CT molecular complexity index is 886. The molecule has 0 saturated heterocycles. The molecule has 2 heterocycles. The molecular formula is C18H21N5O3S.